The molecule has 1 aliphatic rings. The molecule has 1 aliphatic heterocycles. The summed E-state index contributed by atoms with van der Waals surface area (Å²) < 4.78 is 10.9. The number of benzene rings is 2. The quantitative estimate of drug-likeness (QED) is 0.503. The number of imide groups is 1. The van der Waals surface area contributed by atoms with E-state index in [2.05, 4.69) is 0 Å². The highest BCUT2D eigenvalue weighted by molar-refractivity contribution is 6.01. The Labute approximate surface area is 183 Å². The first-order valence-corrected chi connectivity index (χ1v) is 10.4. The number of amides is 2. The fraction of sp³-hybridized carbons (Fsp3) is 0.360. The molecule has 1 heterocycles. The maximum absolute atomic E-state index is 13.2. The van der Waals surface area contributed by atoms with Crippen LogP contribution in [0.1, 0.15) is 38.3 Å². The first-order valence-electron chi connectivity index (χ1n) is 10.4. The van der Waals surface area contributed by atoms with E-state index in [0.717, 1.165) is 16.0 Å². The van der Waals surface area contributed by atoms with Gasteiger partial charge < -0.3 is 14.4 Å². The Morgan fingerprint density at radius 3 is 2.19 bits per heavy atom. The molecule has 2 aromatic rings. The van der Waals surface area contributed by atoms with Crippen molar-refractivity contribution in [2.24, 2.45) is 5.92 Å². The lowest BCUT2D eigenvalue weighted by molar-refractivity contribution is -0.159. The third kappa shape index (κ3) is 6.49. The van der Waals surface area contributed by atoms with Gasteiger partial charge in [-0.15, -0.1) is 6.73 Å². The van der Waals surface area contributed by atoms with E-state index in [1.54, 1.807) is 20.8 Å². The minimum atomic E-state index is -0.759. The second-order valence-corrected chi connectivity index (χ2v) is 8.64. The highest BCUT2D eigenvalue weighted by Crippen LogP contribution is 2.24. The Hall–Kier alpha value is -2.99. The van der Waals surface area contributed by atoms with Crippen molar-refractivity contribution in [1.82, 2.24) is 4.90 Å². The summed E-state index contributed by atoms with van der Waals surface area (Å²) in [4.78, 5) is 39.6. The molecule has 0 aliphatic carbocycles. The zero-order valence-electron chi connectivity index (χ0n) is 18.1. The van der Waals surface area contributed by atoms with Crippen LogP contribution in [0.4, 0.5) is 0 Å². The fourth-order valence-electron chi connectivity index (χ4n) is 3.45. The summed E-state index contributed by atoms with van der Waals surface area (Å²) >= 11 is 0. The Morgan fingerprint density at radius 2 is 1.61 bits per heavy atom. The van der Waals surface area contributed by atoms with Crippen molar-refractivity contribution in [3.8, 4) is 0 Å². The van der Waals surface area contributed by atoms with Crippen molar-refractivity contribution in [2.45, 2.75) is 51.7 Å². The summed E-state index contributed by atoms with van der Waals surface area (Å²) in [7, 11) is 0. The molecule has 2 amide bonds. The van der Waals surface area contributed by atoms with E-state index in [1.165, 1.54) is 6.73 Å². The van der Waals surface area contributed by atoms with Crippen LogP contribution in [0.5, 0.6) is 0 Å². The van der Waals surface area contributed by atoms with Gasteiger partial charge >= 0.3 is 5.97 Å². The van der Waals surface area contributed by atoms with Crippen molar-refractivity contribution in [3.63, 3.8) is 0 Å². The Bertz CT molecular complexity index is 905. The Balaban J connectivity index is 1.72. The average Bonchev–Trinajstić information content (AvgIpc) is 3.07. The molecule has 2 atom stereocenters. The first kappa shape index (κ1) is 22.7. The van der Waals surface area contributed by atoms with E-state index >= 15 is 0 Å². The van der Waals surface area contributed by atoms with Gasteiger partial charge in [0.15, 0.2) is 0 Å². The van der Waals surface area contributed by atoms with E-state index in [1.807, 2.05) is 60.7 Å². The summed E-state index contributed by atoms with van der Waals surface area (Å²) in [6, 6.07) is 18.9. The van der Waals surface area contributed by atoms with E-state index < -0.39 is 35.4 Å². The van der Waals surface area contributed by atoms with Crippen LogP contribution in [0.25, 0.3) is 0 Å². The summed E-state index contributed by atoms with van der Waals surface area (Å²) in [6.45, 7) is 6.50. The van der Waals surface area contributed by atoms with E-state index in [9.17, 15) is 14.4 Å². The largest absolute Gasteiger partial charge is 0.521 e. The average molecular weight is 423 g/mol. The normalized spacial score (nSPS) is 17.5. The van der Waals surface area contributed by atoms with Crippen LogP contribution in [-0.2, 0) is 36.7 Å². The van der Waals surface area contributed by atoms with Gasteiger partial charge in [0.25, 0.3) is 0 Å². The number of nitrogens with zero attached hydrogens (tertiary/aromatic N) is 1. The molecular formula is C25H28NO5-. The molecular weight excluding hydrogens is 394 g/mol. The van der Waals surface area contributed by atoms with Crippen LogP contribution in [-0.4, -0.2) is 34.4 Å². The zero-order valence-corrected chi connectivity index (χ0v) is 18.1. The van der Waals surface area contributed by atoms with Crippen molar-refractivity contribution < 1.29 is 23.9 Å². The summed E-state index contributed by atoms with van der Waals surface area (Å²) in [5.74, 6) is -2.10. The predicted molar refractivity (Wildman–Crippen MR) is 115 cm³/mol. The second kappa shape index (κ2) is 9.88. The molecule has 0 spiro atoms. The van der Waals surface area contributed by atoms with Gasteiger partial charge in [-0.2, -0.15) is 0 Å². The number of rotatable bonds is 7. The van der Waals surface area contributed by atoms with Gasteiger partial charge in [0.1, 0.15) is 11.7 Å². The maximum Gasteiger partial charge on any atom is 0.307 e. The molecule has 0 radical (unpaired) electrons. The molecule has 1 fully saturated rings. The lowest BCUT2D eigenvalue weighted by atomic mass is 9.94. The molecule has 0 bridgehead atoms. The van der Waals surface area contributed by atoms with Crippen molar-refractivity contribution in [3.05, 3.63) is 78.5 Å². The van der Waals surface area contributed by atoms with Crippen molar-refractivity contribution >= 4 is 17.8 Å². The molecule has 31 heavy (non-hydrogen) atoms. The van der Waals surface area contributed by atoms with Gasteiger partial charge in [0.05, 0.1) is 12.3 Å². The fourth-order valence-corrected chi connectivity index (χ4v) is 3.45. The van der Waals surface area contributed by atoms with Crippen molar-refractivity contribution in [2.75, 3.05) is 0 Å². The van der Waals surface area contributed by atoms with Gasteiger partial charge in [-0.1, -0.05) is 60.7 Å². The molecule has 3 rings (SSSR count). The SMILES string of the molecule is CC(C)(C)OC(=O)CC(Cc1ccccc1)C(=O)N1[CH-]O[C@H](Cc2ccccc2)C1=O. The number of hydrogen-bond acceptors (Lipinski definition) is 5. The first-order chi connectivity index (χ1) is 14.7. The van der Waals surface area contributed by atoms with Crippen LogP contribution in [0.3, 0.4) is 0 Å². The van der Waals surface area contributed by atoms with E-state index in [4.69, 9.17) is 9.47 Å². The Kier molecular flexibility index (Phi) is 7.23. The van der Waals surface area contributed by atoms with Gasteiger partial charge in [0, 0.05) is 6.42 Å². The lowest BCUT2D eigenvalue weighted by Crippen LogP contribution is -2.40. The molecule has 164 valence electrons. The highest BCUT2D eigenvalue weighted by Gasteiger charge is 2.34. The van der Waals surface area contributed by atoms with Crippen LogP contribution >= 0.6 is 0 Å². The minimum Gasteiger partial charge on any atom is -0.521 e. The Morgan fingerprint density at radius 1 is 1.03 bits per heavy atom. The van der Waals surface area contributed by atoms with Crippen LogP contribution in [0.15, 0.2) is 60.7 Å². The summed E-state index contributed by atoms with van der Waals surface area (Å²) in [5.41, 5.74) is 1.19. The van der Waals surface area contributed by atoms with E-state index in [-0.39, 0.29) is 6.42 Å². The van der Waals surface area contributed by atoms with Crippen LogP contribution < -0.4 is 0 Å². The smallest absolute Gasteiger partial charge is 0.307 e. The molecule has 6 heteroatoms. The van der Waals surface area contributed by atoms with Crippen LogP contribution in [0, 0.1) is 12.6 Å². The standard InChI is InChI=1S/C25H28NO5/c1-25(2,3)31-22(27)16-20(14-18-10-6-4-7-11-18)23(28)26-17-30-21(24(26)29)15-19-12-8-5-9-13-19/h4-13,17,20-21H,14-16H2,1-3H3/q-1/t20?,21-/m1/s1. The number of ether oxygens (including phenoxy) is 2. The number of carbonyl (C=O) groups excluding carboxylic acids is 3. The number of esters is 1. The van der Waals surface area contributed by atoms with Gasteiger partial charge in [-0.05, 0) is 38.3 Å². The molecule has 2 aromatic carbocycles. The molecule has 0 N–H and O–H groups in total. The molecule has 1 unspecified atom stereocenters. The molecule has 0 saturated carbocycles. The number of carbonyl (C=O) groups is 3. The lowest BCUT2D eigenvalue weighted by Gasteiger charge is -2.28. The third-order valence-electron chi connectivity index (χ3n) is 4.85. The maximum atomic E-state index is 13.2. The van der Waals surface area contributed by atoms with Gasteiger partial charge in [-0.3, -0.25) is 14.4 Å². The highest BCUT2D eigenvalue weighted by atomic mass is 16.6. The molecule has 1 saturated heterocycles. The van der Waals surface area contributed by atoms with Gasteiger partial charge in [0.2, 0.25) is 11.8 Å². The molecule has 6 nitrogen and oxygen atoms in total. The predicted octanol–water partition coefficient (Wildman–Crippen LogP) is 3.69. The third-order valence-corrected chi connectivity index (χ3v) is 4.85. The summed E-state index contributed by atoms with van der Waals surface area (Å²) in [6.07, 6.45) is -0.188. The second-order valence-electron chi connectivity index (χ2n) is 8.64. The molecule has 0 aromatic heterocycles. The monoisotopic (exact) mass is 422 g/mol. The van der Waals surface area contributed by atoms with Crippen LogP contribution in [0.2, 0.25) is 0 Å². The summed E-state index contributed by atoms with van der Waals surface area (Å²) in [5, 5.41) is 0. The van der Waals surface area contributed by atoms with Gasteiger partial charge in [-0.25, -0.2) is 0 Å². The van der Waals surface area contributed by atoms with Crippen molar-refractivity contribution in [1.29, 1.82) is 0 Å². The number of hydrogen-bond donors (Lipinski definition) is 0. The minimum absolute atomic E-state index is 0.119. The zero-order chi connectivity index (χ0) is 22.4. The van der Waals surface area contributed by atoms with E-state index in [0.29, 0.717) is 12.8 Å². The topological polar surface area (TPSA) is 72.9 Å².